The lowest BCUT2D eigenvalue weighted by atomic mass is 10.2. The minimum Gasteiger partial charge on any atom is -0.370 e. The maximum atomic E-state index is 11.5. The van der Waals surface area contributed by atoms with Crippen molar-refractivity contribution in [1.29, 1.82) is 0 Å². The first-order valence-electron chi connectivity index (χ1n) is 13.7. The number of carbonyl (C=O) groups excluding carboxylic acids is 6. The Kier molecular flexibility index (Phi) is 34.2. The first-order valence-corrected chi connectivity index (χ1v) is 13.7. The molecule has 9 N–H and O–H groups in total. The fraction of sp³-hybridized carbons (Fsp3) is 0.769. The van der Waals surface area contributed by atoms with E-state index in [1.807, 2.05) is 14.0 Å². The number of nitrogens with zero attached hydrogens (tertiary/aromatic N) is 1. The van der Waals surface area contributed by atoms with Gasteiger partial charge in [0.25, 0.3) is 0 Å². The van der Waals surface area contributed by atoms with Crippen molar-refractivity contribution in [2.45, 2.75) is 84.0 Å². The molecule has 0 aliphatic rings. The van der Waals surface area contributed by atoms with Gasteiger partial charge in [0.2, 0.25) is 30.0 Å². The van der Waals surface area contributed by atoms with Crippen molar-refractivity contribution < 1.29 is 28.8 Å². The summed E-state index contributed by atoms with van der Waals surface area (Å²) in [6.45, 7) is 5.40. The summed E-state index contributed by atoms with van der Waals surface area (Å²) in [4.78, 5) is 64.3. The van der Waals surface area contributed by atoms with Gasteiger partial charge >= 0.3 is 0 Å². The van der Waals surface area contributed by atoms with Crippen molar-refractivity contribution in [2.24, 2.45) is 17.2 Å². The molecule has 0 aromatic carbocycles. The van der Waals surface area contributed by atoms with E-state index in [0.717, 1.165) is 70.6 Å². The molecule has 0 bridgehead atoms. The molecular weight excluding hydrogens is 506 g/mol. The number of hydrogen-bond acceptors (Lipinski definition) is 8. The van der Waals surface area contributed by atoms with Crippen LogP contribution in [0.5, 0.6) is 0 Å². The molecule has 5 amide bonds. The number of likely N-dealkylation sites (N-methyl/N-ethyl adjacent to an activating group) is 1. The molecule has 13 heteroatoms. The van der Waals surface area contributed by atoms with E-state index in [2.05, 4.69) is 16.0 Å². The van der Waals surface area contributed by atoms with E-state index in [4.69, 9.17) is 17.2 Å². The van der Waals surface area contributed by atoms with E-state index < -0.39 is 0 Å². The summed E-state index contributed by atoms with van der Waals surface area (Å²) >= 11 is 0. The van der Waals surface area contributed by atoms with Crippen molar-refractivity contribution in [3.05, 3.63) is 0 Å². The molecule has 0 aromatic rings. The van der Waals surface area contributed by atoms with Crippen LogP contribution in [-0.2, 0) is 28.8 Å². The van der Waals surface area contributed by atoms with Gasteiger partial charge in [0.1, 0.15) is 6.29 Å². The Hall–Kier alpha value is -3.06. The van der Waals surface area contributed by atoms with Crippen LogP contribution in [-0.4, -0.2) is 87.5 Å². The van der Waals surface area contributed by atoms with Crippen LogP contribution >= 0.6 is 0 Å². The highest BCUT2D eigenvalue weighted by molar-refractivity contribution is 5.78. The smallest absolute Gasteiger partial charge is 0.234 e. The van der Waals surface area contributed by atoms with Crippen LogP contribution in [0.15, 0.2) is 0 Å². The van der Waals surface area contributed by atoms with E-state index in [0.29, 0.717) is 45.3 Å². The van der Waals surface area contributed by atoms with Crippen molar-refractivity contribution in [2.75, 3.05) is 46.3 Å². The standard InChI is InChI=1S/C12H23N3O3.C7H14N2O2.C7H16N2O/c1-2-15(8-9-16)10-12(18)14-7-5-3-4-6-11(13)17;8-7(11)4-2-1-3-5-9-6-10;1-9-6-4-2-3-5-7(8)10/h9H,2-8,10H2,1H3,(H2,13,17)(H,14,18);6H,1-5H2,(H2,8,11)(H,9,10);9H,2-6H2,1H3,(H2,8,10). The van der Waals surface area contributed by atoms with Crippen LogP contribution < -0.4 is 33.2 Å². The van der Waals surface area contributed by atoms with Gasteiger partial charge in [0.05, 0.1) is 13.1 Å². The molecular formula is C26H53N7O6. The van der Waals surface area contributed by atoms with E-state index in [-0.39, 0.29) is 36.7 Å². The van der Waals surface area contributed by atoms with Crippen LogP contribution in [0, 0.1) is 0 Å². The highest BCUT2D eigenvalue weighted by Gasteiger charge is 2.07. The second-order valence-corrected chi connectivity index (χ2v) is 8.85. The summed E-state index contributed by atoms with van der Waals surface area (Å²) in [5.41, 5.74) is 14.9. The fourth-order valence-electron chi connectivity index (χ4n) is 3.04. The molecule has 0 heterocycles. The zero-order valence-electron chi connectivity index (χ0n) is 24.0. The molecule has 0 rings (SSSR count). The topological polar surface area (TPSA) is 220 Å². The number of hydrogen-bond donors (Lipinski definition) is 6. The van der Waals surface area contributed by atoms with E-state index in [9.17, 15) is 28.8 Å². The quantitative estimate of drug-likeness (QED) is 0.0679. The maximum Gasteiger partial charge on any atom is 0.234 e. The average Bonchev–Trinajstić information content (AvgIpc) is 2.88. The largest absolute Gasteiger partial charge is 0.370 e. The lowest BCUT2D eigenvalue weighted by Gasteiger charge is -2.16. The van der Waals surface area contributed by atoms with Crippen molar-refractivity contribution >= 4 is 36.3 Å². The monoisotopic (exact) mass is 559 g/mol. The normalized spacial score (nSPS) is 9.82. The summed E-state index contributed by atoms with van der Waals surface area (Å²) < 4.78 is 0. The summed E-state index contributed by atoms with van der Waals surface area (Å²) in [5.74, 6) is -0.808. The summed E-state index contributed by atoms with van der Waals surface area (Å²) in [7, 11) is 1.92. The van der Waals surface area contributed by atoms with Gasteiger partial charge in [-0.15, -0.1) is 0 Å². The van der Waals surface area contributed by atoms with Crippen molar-refractivity contribution in [3.63, 3.8) is 0 Å². The molecule has 0 aliphatic heterocycles. The number of rotatable bonds is 24. The van der Waals surface area contributed by atoms with Gasteiger partial charge in [0.15, 0.2) is 0 Å². The highest BCUT2D eigenvalue weighted by atomic mass is 16.2. The Morgan fingerprint density at radius 1 is 0.692 bits per heavy atom. The molecule has 0 unspecified atom stereocenters. The second-order valence-electron chi connectivity index (χ2n) is 8.85. The van der Waals surface area contributed by atoms with Gasteiger partial charge < -0.3 is 37.9 Å². The van der Waals surface area contributed by atoms with Gasteiger partial charge in [0, 0.05) is 32.4 Å². The van der Waals surface area contributed by atoms with Gasteiger partial charge in [-0.1, -0.05) is 26.2 Å². The average molecular weight is 560 g/mol. The predicted molar refractivity (Wildman–Crippen MR) is 152 cm³/mol. The van der Waals surface area contributed by atoms with Crippen molar-refractivity contribution in [1.82, 2.24) is 20.9 Å². The number of unbranched alkanes of at least 4 members (excludes halogenated alkanes) is 6. The molecule has 0 fully saturated rings. The SMILES string of the molecule is CCN(CC=O)CC(=O)NCCCCCC(N)=O.CNCCCCCC(N)=O.NC(=O)CCCCCNC=O. The van der Waals surface area contributed by atoms with E-state index in [1.165, 1.54) is 0 Å². The molecule has 228 valence electrons. The summed E-state index contributed by atoms with van der Waals surface area (Å²) in [6.07, 6.45) is 11.1. The highest BCUT2D eigenvalue weighted by Crippen LogP contribution is 1.99. The van der Waals surface area contributed by atoms with Gasteiger partial charge in [-0.2, -0.15) is 0 Å². The molecule has 0 aliphatic carbocycles. The minimum absolute atomic E-state index is 0.0754. The first kappa shape index (κ1) is 40.4. The first-order chi connectivity index (χ1) is 18.6. The maximum absolute atomic E-state index is 11.5. The zero-order valence-corrected chi connectivity index (χ0v) is 24.0. The third kappa shape index (κ3) is 42.3. The summed E-state index contributed by atoms with van der Waals surface area (Å²) in [5, 5.41) is 8.36. The number of carbonyl (C=O) groups is 6. The van der Waals surface area contributed by atoms with Gasteiger partial charge in [-0.25, -0.2) is 0 Å². The molecule has 0 saturated carbocycles. The van der Waals surface area contributed by atoms with E-state index >= 15 is 0 Å². The summed E-state index contributed by atoms with van der Waals surface area (Å²) in [6, 6.07) is 0. The second kappa shape index (κ2) is 33.0. The minimum atomic E-state index is -0.286. The predicted octanol–water partition coefficient (Wildman–Crippen LogP) is -0.301. The lowest BCUT2D eigenvalue weighted by Crippen LogP contribution is -2.38. The molecule has 13 nitrogen and oxygen atoms in total. The van der Waals surface area contributed by atoms with Crippen LogP contribution in [0.4, 0.5) is 0 Å². The Bertz CT molecular complexity index is 650. The van der Waals surface area contributed by atoms with Gasteiger partial charge in [-0.3, -0.25) is 28.9 Å². The van der Waals surface area contributed by atoms with Crippen LogP contribution in [0.1, 0.15) is 84.0 Å². The Morgan fingerprint density at radius 2 is 1.15 bits per heavy atom. The molecule has 0 atom stereocenters. The number of amides is 5. The zero-order chi connectivity index (χ0) is 30.2. The number of nitrogens with two attached hydrogens (primary N) is 3. The third-order valence-electron chi connectivity index (χ3n) is 5.25. The third-order valence-corrected chi connectivity index (χ3v) is 5.25. The molecule has 0 radical (unpaired) electrons. The number of nitrogens with one attached hydrogen (secondary N) is 3. The molecule has 0 aromatic heterocycles. The van der Waals surface area contributed by atoms with E-state index in [1.54, 1.807) is 4.90 Å². The Morgan fingerprint density at radius 3 is 1.54 bits per heavy atom. The fourth-order valence-corrected chi connectivity index (χ4v) is 3.04. The number of primary amides is 3. The van der Waals surface area contributed by atoms with Crippen LogP contribution in [0.3, 0.4) is 0 Å². The lowest BCUT2D eigenvalue weighted by molar-refractivity contribution is -0.123. The molecule has 0 saturated heterocycles. The van der Waals surface area contributed by atoms with Crippen LogP contribution in [0.2, 0.25) is 0 Å². The number of aldehydes is 1. The van der Waals surface area contributed by atoms with Crippen LogP contribution in [0.25, 0.3) is 0 Å². The Labute approximate surface area is 233 Å². The van der Waals surface area contributed by atoms with Crippen molar-refractivity contribution in [3.8, 4) is 0 Å². The molecule has 0 spiro atoms. The Balaban J connectivity index is -0.000000532. The molecule has 39 heavy (non-hydrogen) atoms. The van der Waals surface area contributed by atoms with Gasteiger partial charge in [-0.05, 0) is 58.7 Å².